The van der Waals surface area contributed by atoms with E-state index >= 15 is 0 Å². The number of benzene rings is 3. The first-order valence-electron chi connectivity index (χ1n) is 16.7. The van der Waals surface area contributed by atoms with Gasteiger partial charge in [-0.3, -0.25) is 18.9 Å². The number of sulfonamides is 1. The van der Waals surface area contributed by atoms with Crippen molar-refractivity contribution >= 4 is 49.1 Å². The highest BCUT2D eigenvalue weighted by molar-refractivity contribution is 9.10. The number of non-ortho nitro benzene ring substituents is 1. The molecule has 0 radical (unpaired) electrons. The van der Waals surface area contributed by atoms with Crippen LogP contribution in [0.15, 0.2) is 143 Å². The van der Waals surface area contributed by atoms with Crippen LogP contribution in [-0.2, 0) is 10.0 Å². The van der Waals surface area contributed by atoms with Crippen LogP contribution in [0.3, 0.4) is 0 Å². The van der Waals surface area contributed by atoms with Crippen molar-refractivity contribution in [3.05, 3.63) is 160 Å². The monoisotopic (exact) mass is 814 g/mol. The van der Waals surface area contributed by atoms with Gasteiger partial charge in [0.15, 0.2) is 0 Å². The maximum Gasteiger partial charge on any atom is 0.279 e. The van der Waals surface area contributed by atoms with Crippen molar-refractivity contribution in [1.29, 1.82) is 0 Å². The molecule has 12 nitrogen and oxygen atoms in total. The summed E-state index contributed by atoms with van der Waals surface area (Å²) in [5, 5.41) is 16.5. The van der Waals surface area contributed by atoms with Gasteiger partial charge in [0.25, 0.3) is 15.7 Å². The van der Waals surface area contributed by atoms with Gasteiger partial charge in [-0.2, -0.15) is 22.3 Å². The topological polar surface area (TPSA) is 140 Å². The molecule has 5 heterocycles. The standard InChI is InChI=1S/C40H28BrFN8O4S/c1-25-34(35-16-31(41)24-49-36(22-45-40(35)49)28-10-8-27(9-11-28)26-6-4-3-5-7-26)17-32(50(51)52)18-37(25)55(53,54)47(2)46-21-33-20-44-39-15-13-30(23-48(33)39)29-12-14-38(42)43-19-29/h3-24H,1-2H3/b46-21+. The van der Waals surface area contributed by atoms with E-state index in [0.29, 0.717) is 38.2 Å². The predicted octanol–water partition coefficient (Wildman–Crippen LogP) is 8.82. The van der Waals surface area contributed by atoms with Gasteiger partial charge in [-0.1, -0.05) is 54.6 Å². The Kier molecular flexibility index (Phi) is 9.03. The minimum Gasteiger partial charge on any atom is -0.298 e. The van der Waals surface area contributed by atoms with Crippen LogP contribution in [-0.4, -0.2) is 54.8 Å². The van der Waals surface area contributed by atoms with Crippen LogP contribution < -0.4 is 0 Å². The molecule has 0 aliphatic carbocycles. The molecule has 0 fully saturated rings. The van der Waals surface area contributed by atoms with E-state index in [0.717, 1.165) is 38.4 Å². The molecule has 8 aromatic rings. The second-order valence-corrected chi connectivity index (χ2v) is 15.4. The smallest absolute Gasteiger partial charge is 0.279 e. The molecule has 0 saturated carbocycles. The molecule has 55 heavy (non-hydrogen) atoms. The number of hydrogen-bond donors (Lipinski definition) is 0. The highest BCUT2D eigenvalue weighted by Crippen LogP contribution is 2.38. The average molecular weight is 816 g/mol. The number of hydrazone groups is 1. The van der Waals surface area contributed by atoms with Crippen LogP contribution >= 0.6 is 15.9 Å². The lowest BCUT2D eigenvalue weighted by molar-refractivity contribution is -0.385. The van der Waals surface area contributed by atoms with Crippen LogP contribution in [0.5, 0.6) is 0 Å². The Bertz CT molecular complexity index is 2920. The summed E-state index contributed by atoms with van der Waals surface area (Å²) in [5.41, 5.74) is 7.37. The molecule has 8 rings (SSSR count). The first-order chi connectivity index (χ1) is 26.5. The van der Waals surface area contributed by atoms with Gasteiger partial charge in [-0.25, -0.2) is 15.0 Å². The quantitative estimate of drug-likeness (QED) is 0.0614. The fraction of sp³-hybridized carbons (Fsp3) is 0.0500. The first kappa shape index (κ1) is 35.4. The van der Waals surface area contributed by atoms with Crippen molar-refractivity contribution in [2.45, 2.75) is 11.8 Å². The van der Waals surface area contributed by atoms with Crippen molar-refractivity contribution in [2.75, 3.05) is 7.05 Å². The third-order valence-corrected chi connectivity index (χ3v) is 11.5. The second-order valence-electron chi connectivity index (χ2n) is 12.6. The Morgan fingerprint density at radius 2 is 1.51 bits per heavy atom. The van der Waals surface area contributed by atoms with Crippen molar-refractivity contribution in [2.24, 2.45) is 5.10 Å². The SMILES string of the molecule is Cc1c(-c2cc(Br)cn3c(-c4ccc(-c5ccccc5)cc4)cnc23)cc([N+](=O)[O-])cc1S(=O)(=O)N(C)/N=C/c1cnc2ccc(-c3ccc(F)nc3)cn12. The average Bonchev–Trinajstić information content (AvgIpc) is 3.81. The maximum absolute atomic E-state index is 14.2. The molecule has 15 heteroatoms. The largest absolute Gasteiger partial charge is 0.298 e. The van der Waals surface area contributed by atoms with E-state index in [9.17, 15) is 22.9 Å². The number of halogens is 2. The first-order valence-corrected chi connectivity index (χ1v) is 18.9. The van der Waals surface area contributed by atoms with Gasteiger partial charge in [-0.15, -0.1) is 0 Å². The molecule has 0 unspecified atom stereocenters. The number of imidazole rings is 2. The molecule has 3 aromatic carbocycles. The van der Waals surface area contributed by atoms with Crippen molar-refractivity contribution in [3.8, 4) is 44.6 Å². The van der Waals surface area contributed by atoms with Gasteiger partial charge in [0.05, 0.1) is 39.8 Å². The number of fused-ring (bicyclic) bond motifs is 2. The van der Waals surface area contributed by atoms with Crippen LogP contribution in [0.1, 0.15) is 11.3 Å². The summed E-state index contributed by atoms with van der Waals surface area (Å²) in [6, 6.07) is 28.7. The van der Waals surface area contributed by atoms with Crippen LogP contribution in [0, 0.1) is 23.0 Å². The lowest BCUT2D eigenvalue weighted by Crippen LogP contribution is -2.23. The number of nitro groups is 1. The Hall–Kier alpha value is -6.58. The zero-order valence-electron chi connectivity index (χ0n) is 29.1. The van der Waals surface area contributed by atoms with Crippen molar-refractivity contribution in [1.82, 2.24) is 28.2 Å². The third-order valence-electron chi connectivity index (χ3n) is 9.28. The summed E-state index contributed by atoms with van der Waals surface area (Å²) in [6.45, 7) is 1.60. The lowest BCUT2D eigenvalue weighted by Gasteiger charge is -2.18. The summed E-state index contributed by atoms with van der Waals surface area (Å²) in [7, 11) is -3.17. The third kappa shape index (κ3) is 6.64. The number of hydrogen-bond acceptors (Lipinski definition) is 8. The number of rotatable bonds is 9. The Morgan fingerprint density at radius 3 is 2.24 bits per heavy atom. The highest BCUT2D eigenvalue weighted by Gasteiger charge is 2.28. The second kappa shape index (κ2) is 14.0. The summed E-state index contributed by atoms with van der Waals surface area (Å²) >= 11 is 3.59. The molecule has 0 amide bonds. The van der Waals surface area contributed by atoms with E-state index in [1.54, 1.807) is 41.9 Å². The normalized spacial score (nSPS) is 11.9. The van der Waals surface area contributed by atoms with Gasteiger partial charge in [0.2, 0.25) is 5.95 Å². The molecule has 272 valence electrons. The Balaban J connectivity index is 1.16. The summed E-state index contributed by atoms with van der Waals surface area (Å²) in [6.07, 6.45) is 9.58. The van der Waals surface area contributed by atoms with E-state index in [2.05, 4.69) is 31.0 Å². The molecule has 0 atom stereocenters. The molecule has 0 spiro atoms. The van der Waals surface area contributed by atoms with Gasteiger partial charge < -0.3 is 0 Å². The predicted molar refractivity (Wildman–Crippen MR) is 212 cm³/mol. The molecular weight excluding hydrogens is 787 g/mol. The minimum atomic E-state index is -4.43. The van der Waals surface area contributed by atoms with Crippen LogP contribution in [0.25, 0.3) is 55.9 Å². The maximum atomic E-state index is 14.2. The highest BCUT2D eigenvalue weighted by atomic mass is 79.9. The van der Waals surface area contributed by atoms with E-state index in [-0.39, 0.29) is 10.5 Å². The fourth-order valence-electron chi connectivity index (χ4n) is 6.41. The molecular formula is C40H28BrFN8O4S. The van der Waals surface area contributed by atoms with Crippen molar-refractivity contribution < 1.29 is 17.7 Å². The molecule has 5 aromatic heterocycles. The minimum absolute atomic E-state index is 0.275. The molecule has 0 N–H and O–H groups in total. The molecule has 0 aliphatic heterocycles. The summed E-state index contributed by atoms with van der Waals surface area (Å²) in [4.78, 5) is 24.1. The van der Waals surface area contributed by atoms with E-state index in [4.69, 9.17) is 4.98 Å². The van der Waals surface area contributed by atoms with Crippen LogP contribution in [0.4, 0.5) is 10.1 Å². The van der Waals surface area contributed by atoms with E-state index in [1.807, 2.05) is 71.3 Å². The van der Waals surface area contributed by atoms with E-state index < -0.39 is 26.6 Å². The fourth-order valence-corrected chi connectivity index (χ4v) is 8.07. The molecule has 0 saturated heterocycles. The van der Waals surface area contributed by atoms with Gasteiger partial charge in [0, 0.05) is 64.5 Å². The number of aromatic nitrogens is 5. The zero-order chi connectivity index (χ0) is 38.4. The van der Waals surface area contributed by atoms with E-state index in [1.165, 1.54) is 37.8 Å². The number of nitro benzene ring substituents is 1. The Morgan fingerprint density at radius 1 is 0.800 bits per heavy atom. The Labute approximate surface area is 322 Å². The van der Waals surface area contributed by atoms with Crippen molar-refractivity contribution in [3.63, 3.8) is 0 Å². The lowest BCUT2D eigenvalue weighted by atomic mass is 10.0. The van der Waals surface area contributed by atoms with Gasteiger partial charge in [0.1, 0.15) is 11.3 Å². The summed E-state index contributed by atoms with van der Waals surface area (Å²) < 4.78 is 46.7. The van der Waals surface area contributed by atoms with Crippen LogP contribution in [0.2, 0.25) is 0 Å². The van der Waals surface area contributed by atoms with Gasteiger partial charge in [-0.05, 0) is 75.4 Å². The summed E-state index contributed by atoms with van der Waals surface area (Å²) in [5.74, 6) is -0.600. The zero-order valence-corrected chi connectivity index (χ0v) is 31.5. The van der Waals surface area contributed by atoms with Gasteiger partial charge >= 0.3 is 0 Å². The molecule has 0 aliphatic rings. The number of pyridine rings is 3. The molecule has 0 bridgehead atoms. The number of nitrogens with zero attached hydrogens (tertiary/aromatic N) is 8.